The number of hydrogen-bond donors (Lipinski definition) is 1. The molecule has 0 radical (unpaired) electrons. The molecule has 136 valence electrons. The van der Waals surface area contributed by atoms with Gasteiger partial charge in [-0.1, -0.05) is 0 Å². The van der Waals surface area contributed by atoms with Crippen molar-refractivity contribution in [3.05, 3.63) is 27.2 Å². The second-order valence-corrected chi connectivity index (χ2v) is 6.54. The summed E-state index contributed by atoms with van der Waals surface area (Å²) < 4.78 is 4.11. The van der Waals surface area contributed by atoms with Crippen molar-refractivity contribution in [2.45, 2.75) is 31.9 Å². The average molecular weight is 348 g/mol. The minimum absolute atomic E-state index is 0.350. The van der Waals surface area contributed by atoms with Gasteiger partial charge < -0.3 is 14.6 Å². The van der Waals surface area contributed by atoms with E-state index in [0.717, 1.165) is 29.8 Å². The molecule has 1 atom stereocenters. The number of fused-ring (bicyclic) bond motifs is 1. The lowest BCUT2D eigenvalue weighted by Crippen LogP contribution is -2.37. The standard InChI is InChI=1S/C16H24N6O3/c1-19-7-4-5-12(19)17-9-11(23)6-8-22-10-18-14-13(22)15(24)21(3)16(25)20(14)2/h10-11,23H,4-9H2,1-3H3. The number of aromatic nitrogens is 4. The third-order valence-electron chi connectivity index (χ3n) is 4.74. The van der Waals surface area contributed by atoms with Gasteiger partial charge in [-0.3, -0.25) is 18.9 Å². The fourth-order valence-corrected chi connectivity index (χ4v) is 3.15. The van der Waals surface area contributed by atoms with Crippen LogP contribution in [-0.4, -0.2) is 60.8 Å². The summed E-state index contributed by atoms with van der Waals surface area (Å²) in [7, 11) is 5.05. The van der Waals surface area contributed by atoms with Crippen molar-refractivity contribution in [2.75, 3.05) is 20.1 Å². The van der Waals surface area contributed by atoms with Gasteiger partial charge in [-0.25, -0.2) is 9.78 Å². The Bertz CT molecular complexity index is 922. The molecule has 1 aliphatic heterocycles. The molecule has 1 aliphatic rings. The third-order valence-corrected chi connectivity index (χ3v) is 4.74. The molecule has 0 spiro atoms. The zero-order valence-corrected chi connectivity index (χ0v) is 14.8. The van der Waals surface area contributed by atoms with Gasteiger partial charge in [0.1, 0.15) is 0 Å². The van der Waals surface area contributed by atoms with E-state index in [9.17, 15) is 14.7 Å². The lowest BCUT2D eigenvalue weighted by molar-refractivity contribution is 0.167. The maximum atomic E-state index is 12.4. The summed E-state index contributed by atoms with van der Waals surface area (Å²) in [5.41, 5.74) is -0.0498. The number of aryl methyl sites for hydroxylation is 2. The van der Waals surface area contributed by atoms with Crippen LogP contribution in [0.1, 0.15) is 19.3 Å². The first-order valence-electron chi connectivity index (χ1n) is 8.43. The molecule has 9 nitrogen and oxygen atoms in total. The zero-order valence-electron chi connectivity index (χ0n) is 14.8. The molecule has 0 aliphatic carbocycles. The van der Waals surface area contributed by atoms with E-state index in [1.165, 1.54) is 17.9 Å². The van der Waals surface area contributed by atoms with Crippen molar-refractivity contribution in [1.29, 1.82) is 0 Å². The number of nitrogens with zero attached hydrogens (tertiary/aromatic N) is 6. The molecular weight excluding hydrogens is 324 g/mol. The highest BCUT2D eigenvalue weighted by molar-refractivity contribution is 5.83. The highest BCUT2D eigenvalue weighted by Crippen LogP contribution is 2.10. The maximum Gasteiger partial charge on any atom is 0.332 e. The number of hydrogen-bond acceptors (Lipinski definition) is 5. The van der Waals surface area contributed by atoms with E-state index in [1.807, 2.05) is 7.05 Å². The van der Waals surface area contributed by atoms with Crippen LogP contribution in [0.2, 0.25) is 0 Å². The summed E-state index contributed by atoms with van der Waals surface area (Å²) in [5.74, 6) is 1.04. The molecule has 1 N–H and O–H groups in total. The van der Waals surface area contributed by atoms with E-state index in [2.05, 4.69) is 14.9 Å². The van der Waals surface area contributed by atoms with Crippen molar-refractivity contribution in [2.24, 2.45) is 19.1 Å². The summed E-state index contributed by atoms with van der Waals surface area (Å²) >= 11 is 0. The van der Waals surface area contributed by atoms with Crippen LogP contribution in [0.3, 0.4) is 0 Å². The summed E-state index contributed by atoms with van der Waals surface area (Å²) in [6.07, 6.45) is 3.47. The van der Waals surface area contributed by atoms with Gasteiger partial charge in [0.25, 0.3) is 5.56 Å². The van der Waals surface area contributed by atoms with Crippen molar-refractivity contribution >= 4 is 17.0 Å². The van der Waals surface area contributed by atoms with Crippen LogP contribution in [-0.2, 0) is 20.6 Å². The zero-order chi connectivity index (χ0) is 18.1. The van der Waals surface area contributed by atoms with Gasteiger partial charge in [-0.05, 0) is 12.8 Å². The number of aliphatic hydroxyl groups excluding tert-OH is 1. The lowest BCUT2D eigenvalue weighted by atomic mass is 10.2. The minimum atomic E-state index is -0.588. The highest BCUT2D eigenvalue weighted by atomic mass is 16.3. The van der Waals surface area contributed by atoms with E-state index in [4.69, 9.17) is 0 Å². The van der Waals surface area contributed by atoms with Gasteiger partial charge in [0.2, 0.25) is 0 Å². The first-order valence-corrected chi connectivity index (χ1v) is 8.43. The predicted octanol–water partition coefficient (Wildman–Crippen LogP) is -0.691. The van der Waals surface area contributed by atoms with Crippen LogP contribution in [0.25, 0.3) is 11.2 Å². The monoisotopic (exact) mass is 348 g/mol. The van der Waals surface area contributed by atoms with Crippen LogP contribution in [0.15, 0.2) is 20.9 Å². The Morgan fingerprint density at radius 2 is 2.04 bits per heavy atom. The quantitative estimate of drug-likeness (QED) is 0.771. The van der Waals surface area contributed by atoms with E-state index in [0.29, 0.717) is 30.7 Å². The van der Waals surface area contributed by atoms with Gasteiger partial charge in [-0.2, -0.15) is 0 Å². The smallest absolute Gasteiger partial charge is 0.332 e. The van der Waals surface area contributed by atoms with Gasteiger partial charge >= 0.3 is 5.69 Å². The first kappa shape index (κ1) is 17.4. The lowest BCUT2D eigenvalue weighted by Gasteiger charge is -2.13. The van der Waals surface area contributed by atoms with Crippen molar-refractivity contribution in [1.82, 2.24) is 23.6 Å². The van der Waals surface area contributed by atoms with Crippen LogP contribution in [0.5, 0.6) is 0 Å². The van der Waals surface area contributed by atoms with Crippen molar-refractivity contribution in [3.63, 3.8) is 0 Å². The molecule has 0 amide bonds. The van der Waals surface area contributed by atoms with Crippen molar-refractivity contribution < 1.29 is 5.11 Å². The molecule has 3 heterocycles. The number of amidine groups is 1. The fraction of sp³-hybridized carbons (Fsp3) is 0.625. The topological polar surface area (TPSA) is 97.7 Å². The van der Waals surface area contributed by atoms with E-state index < -0.39 is 11.8 Å². The second-order valence-electron chi connectivity index (χ2n) is 6.54. The molecule has 0 bridgehead atoms. The molecular formula is C16H24N6O3. The normalized spacial score (nSPS) is 17.8. The van der Waals surface area contributed by atoms with Crippen LogP contribution in [0, 0.1) is 0 Å². The Morgan fingerprint density at radius 1 is 1.28 bits per heavy atom. The third kappa shape index (κ3) is 3.23. The van der Waals surface area contributed by atoms with Gasteiger partial charge in [0, 0.05) is 40.7 Å². The maximum absolute atomic E-state index is 12.4. The van der Waals surface area contributed by atoms with Gasteiger partial charge in [0.15, 0.2) is 11.2 Å². The number of rotatable bonds is 5. The van der Waals surface area contributed by atoms with E-state index in [-0.39, 0.29) is 5.56 Å². The minimum Gasteiger partial charge on any atom is -0.391 e. The Labute approximate surface area is 144 Å². The van der Waals surface area contributed by atoms with Crippen LogP contribution >= 0.6 is 0 Å². The number of aliphatic hydroxyl groups is 1. The first-order chi connectivity index (χ1) is 11.9. The molecule has 25 heavy (non-hydrogen) atoms. The van der Waals surface area contributed by atoms with Gasteiger partial charge in [-0.15, -0.1) is 0 Å². The SMILES string of the molecule is CN1CCCC1=NCC(O)CCn1cnc2c1c(=O)n(C)c(=O)n2C. The largest absolute Gasteiger partial charge is 0.391 e. The van der Waals surface area contributed by atoms with Crippen molar-refractivity contribution in [3.8, 4) is 0 Å². The highest BCUT2D eigenvalue weighted by Gasteiger charge is 2.16. The summed E-state index contributed by atoms with van der Waals surface area (Å²) in [4.78, 5) is 35.1. The summed E-state index contributed by atoms with van der Waals surface area (Å²) in [6.45, 7) is 1.80. The molecule has 1 fully saturated rings. The Kier molecular flexibility index (Phi) is 4.76. The summed E-state index contributed by atoms with van der Waals surface area (Å²) in [6, 6.07) is 0. The average Bonchev–Trinajstić information content (AvgIpc) is 3.20. The van der Waals surface area contributed by atoms with E-state index in [1.54, 1.807) is 11.6 Å². The molecule has 1 unspecified atom stereocenters. The Morgan fingerprint density at radius 3 is 2.72 bits per heavy atom. The molecule has 2 aromatic heterocycles. The molecule has 2 aromatic rings. The number of aliphatic imine (C=N–C) groups is 1. The molecule has 0 aromatic carbocycles. The molecule has 1 saturated heterocycles. The number of imidazole rings is 1. The van der Waals surface area contributed by atoms with Gasteiger partial charge in [0.05, 0.1) is 24.8 Å². The second kappa shape index (κ2) is 6.83. The molecule has 9 heteroatoms. The fourth-order valence-electron chi connectivity index (χ4n) is 3.15. The molecule has 0 saturated carbocycles. The van der Waals surface area contributed by atoms with Crippen LogP contribution in [0.4, 0.5) is 0 Å². The van der Waals surface area contributed by atoms with E-state index >= 15 is 0 Å². The summed E-state index contributed by atoms with van der Waals surface area (Å²) in [5, 5.41) is 10.2. The molecule has 3 rings (SSSR count). The Hall–Kier alpha value is -2.42. The van der Waals surface area contributed by atoms with Crippen LogP contribution < -0.4 is 11.2 Å². The Balaban J connectivity index is 1.73. The predicted molar refractivity (Wildman–Crippen MR) is 95.0 cm³/mol. The number of likely N-dealkylation sites (tertiary alicyclic amines) is 1.